The summed E-state index contributed by atoms with van der Waals surface area (Å²) in [6.45, 7) is 8.42. The van der Waals surface area contributed by atoms with Crippen molar-refractivity contribution >= 4 is 49.9 Å². The second-order valence-corrected chi connectivity index (χ2v) is 11.7. The molecule has 0 bridgehead atoms. The van der Waals surface area contributed by atoms with E-state index < -0.39 is 0 Å². The van der Waals surface area contributed by atoms with Crippen molar-refractivity contribution in [3.63, 3.8) is 0 Å². The molecule has 222 valence electrons. The molecule has 2 nitrogen and oxygen atoms in total. The third-order valence-electron chi connectivity index (χ3n) is 8.90. The highest BCUT2D eigenvalue weighted by atomic mass is 14.8. The maximum Gasteiger partial charge on any atom is 0.0961 e. The lowest BCUT2D eigenvalue weighted by Crippen LogP contribution is -1.94. The number of aromatic nitrogens is 1. The Labute approximate surface area is 271 Å². The van der Waals surface area contributed by atoms with E-state index in [2.05, 4.69) is 148 Å². The molecular weight excluding hydrogens is 556 g/mol. The number of rotatable bonds is 6. The molecule has 7 rings (SSSR count). The molecule has 0 fully saturated rings. The maximum atomic E-state index is 4.94. The number of fused-ring (bicyclic) bond motifs is 3. The van der Waals surface area contributed by atoms with E-state index in [4.69, 9.17) is 9.98 Å². The SMILES string of the molecule is CC=Nc1c(C)c(-c2ccc3c(-c4ccccc4)c4ccccc4c(/C(C)=C/C=C\C)c3c2)cc2cc(-c3ccccc3)cnc12. The molecular formula is C44H36N2. The summed E-state index contributed by atoms with van der Waals surface area (Å²) in [6, 6.07) is 41.6. The fraction of sp³-hybridized carbons (Fsp3) is 0.0909. The van der Waals surface area contributed by atoms with E-state index in [9.17, 15) is 0 Å². The molecule has 2 heteroatoms. The van der Waals surface area contributed by atoms with Crippen molar-refractivity contribution in [2.24, 2.45) is 4.99 Å². The minimum atomic E-state index is 0.919. The van der Waals surface area contributed by atoms with E-state index in [-0.39, 0.29) is 0 Å². The quantitative estimate of drug-likeness (QED) is 0.107. The Balaban J connectivity index is 1.56. The lowest BCUT2D eigenvalue weighted by atomic mass is 9.84. The first-order valence-electron chi connectivity index (χ1n) is 15.9. The van der Waals surface area contributed by atoms with Gasteiger partial charge in [0.2, 0.25) is 0 Å². The van der Waals surface area contributed by atoms with Gasteiger partial charge in [0.15, 0.2) is 0 Å². The summed E-state index contributed by atoms with van der Waals surface area (Å²) in [7, 11) is 0. The molecule has 1 heterocycles. The zero-order chi connectivity index (χ0) is 31.6. The third kappa shape index (κ3) is 5.12. The molecule has 0 atom stereocenters. The third-order valence-corrected chi connectivity index (χ3v) is 8.90. The number of hydrogen-bond donors (Lipinski definition) is 0. The molecule has 7 aromatic rings. The minimum absolute atomic E-state index is 0.919. The topological polar surface area (TPSA) is 25.2 Å². The summed E-state index contributed by atoms with van der Waals surface area (Å²) in [6.07, 6.45) is 10.3. The number of hydrogen-bond acceptors (Lipinski definition) is 2. The average molecular weight is 593 g/mol. The van der Waals surface area contributed by atoms with Crippen LogP contribution in [0.4, 0.5) is 5.69 Å². The molecule has 0 N–H and O–H groups in total. The van der Waals surface area contributed by atoms with E-state index in [0.717, 1.165) is 38.8 Å². The van der Waals surface area contributed by atoms with Crippen LogP contribution in [0, 0.1) is 6.92 Å². The second kappa shape index (κ2) is 12.4. The molecule has 0 spiro atoms. The summed E-state index contributed by atoms with van der Waals surface area (Å²) >= 11 is 0. The predicted octanol–water partition coefficient (Wildman–Crippen LogP) is 12.6. The highest BCUT2D eigenvalue weighted by Gasteiger charge is 2.19. The Hall–Kier alpha value is -5.60. The van der Waals surface area contributed by atoms with Gasteiger partial charge in [-0.15, -0.1) is 0 Å². The molecule has 0 aliphatic heterocycles. The van der Waals surface area contributed by atoms with Crippen molar-refractivity contribution in [2.75, 3.05) is 0 Å². The predicted molar refractivity (Wildman–Crippen MR) is 200 cm³/mol. The molecule has 0 unspecified atom stereocenters. The molecule has 0 amide bonds. The van der Waals surface area contributed by atoms with Crippen LogP contribution in [0.15, 0.2) is 145 Å². The number of aliphatic imine (C=N–C) groups is 1. The van der Waals surface area contributed by atoms with Crippen molar-refractivity contribution in [3.05, 3.63) is 151 Å². The fourth-order valence-corrected chi connectivity index (χ4v) is 6.74. The van der Waals surface area contributed by atoms with Gasteiger partial charge in [-0.05, 0) is 112 Å². The zero-order valence-electron chi connectivity index (χ0n) is 26.8. The molecule has 0 radical (unpaired) electrons. The van der Waals surface area contributed by atoms with Gasteiger partial charge >= 0.3 is 0 Å². The van der Waals surface area contributed by atoms with Gasteiger partial charge in [0.25, 0.3) is 0 Å². The summed E-state index contributed by atoms with van der Waals surface area (Å²) < 4.78 is 0. The molecule has 6 aromatic carbocycles. The van der Waals surface area contributed by atoms with Gasteiger partial charge in [-0.2, -0.15) is 0 Å². The van der Waals surface area contributed by atoms with Gasteiger partial charge in [-0.25, -0.2) is 0 Å². The van der Waals surface area contributed by atoms with Crippen LogP contribution in [0.5, 0.6) is 0 Å². The van der Waals surface area contributed by atoms with Crippen LogP contribution < -0.4 is 0 Å². The van der Waals surface area contributed by atoms with Gasteiger partial charge in [0.1, 0.15) is 0 Å². The summed E-state index contributed by atoms with van der Waals surface area (Å²) in [5.41, 5.74) is 12.5. The van der Waals surface area contributed by atoms with E-state index in [1.807, 2.05) is 25.4 Å². The molecule has 46 heavy (non-hydrogen) atoms. The van der Waals surface area contributed by atoms with Crippen LogP contribution in [0.1, 0.15) is 31.9 Å². The van der Waals surface area contributed by atoms with Crippen molar-refractivity contribution < 1.29 is 0 Å². The second-order valence-electron chi connectivity index (χ2n) is 11.7. The molecule has 0 aliphatic rings. The Kier molecular flexibility index (Phi) is 7.86. The minimum Gasteiger partial charge on any atom is -0.259 e. The Bertz CT molecular complexity index is 2330. The van der Waals surface area contributed by atoms with Crippen molar-refractivity contribution in [3.8, 4) is 33.4 Å². The first-order chi connectivity index (χ1) is 22.6. The summed E-state index contributed by atoms with van der Waals surface area (Å²) in [4.78, 5) is 9.79. The number of pyridine rings is 1. The number of allylic oxidation sites excluding steroid dienone is 4. The monoisotopic (exact) mass is 592 g/mol. The van der Waals surface area contributed by atoms with Gasteiger partial charge in [0, 0.05) is 23.4 Å². The fourth-order valence-electron chi connectivity index (χ4n) is 6.74. The number of benzene rings is 6. The largest absolute Gasteiger partial charge is 0.259 e. The Morgan fingerprint density at radius 3 is 2.04 bits per heavy atom. The van der Waals surface area contributed by atoms with E-state index >= 15 is 0 Å². The molecule has 0 aliphatic carbocycles. The van der Waals surface area contributed by atoms with Crippen LogP contribution in [0.25, 0.3) is 71.4 Å². The Morgan fingerprint density at radius 2 is 1.33 bits per heavy atom. The van der Waals surface area contributed by atoms with E-state index in [1.165, 1.54) is 49.4 Å². The van der Waals surface area contributed by atoms with E-state index in [1.54, 1.807) is 0 Å². The van der Waals surface area contributed by atoms with Crippen LogP contribution in [-0.4, -0.2) is 11.2 Å². The van der Waals surface area contributed by atoms with Gasteiger partial charge in [0.05, 0.1) is 11.2 Å². The highest BCUT2D eigenvalue weighted by molar-refractivity contribution is 6.19. The normalized spacial score (nSPS) is 12.3. The first-order valence-corrected chi connectivity index (χ1v) is 15.9. The van der Waals surface area contributed by atoms with Crippen LogP contribution in [-0.2, 0) is 0 Å². The highest BCUT2D eigenvalue weighted by Crippen LogP contribution is 2.44. The Morgan fingerprint density at radius 1 is 0.652 bits per heavy atom. The van der Waals surface area contributed by atoms with Crippen molar-refractivity contribution in [2.45, 2.75) is 27.7 Å². The summed E-state index contributed by atoms with van der Waals surface area (Å²) in [5.74, 6) is 0. The van der Waals surface area contributed by atoms with Gasteiger partial charge in [-0.1, -0.05) is 115 Å². The number of nitrogens with zero attached hydrogens (tertiary/aromatic N) is 2. The lowest BCUT2D eigenvalue weighted by Gasteiger charge is -2.19. The first kappa shape index (κ1) is 29.1. The van der Waals surface area contributed by atoms with Crippen LogP contribution in [0.2, 0.25) is 0 Å². The van der Waals surface area contributed by atoms with Crippen LogP contribution >= 0.6 is 0 Å². The molecule has 0 saturated heterocycles. The molecule has 0 saturated carbocycles. The average Bonchev–Trinajstić information content (AvgIpc) is 3.11. The van der Waals surface area contributed by atoms with E-state index in [0.29, 0.717) is 0 Å². The van der Waals surface area contributed by atoms with Crippen molar-refractivity contribution in [1.82, 2.24) is 4.98 Å². The van der Waals surface area contributed by atoms with Gasteiger partial charge < -0.3 is 0 Å². The summed E-state index contributed by atoms with van der Waals surface area (Å²) in [5, 5.41) is 6.08. The lowest BCUT2D eigenvalue weighted by molar-refractivity contribution is 1.35. The van der Waals surface area contributed by atoms with Gasteiger partial charge in [-0.3, -0.25) is 9.98 Å². The zero-order valence-corrected chi connectivity index (χ0v) is 26.8. The van der Waals surface area contributed by atoms with Crippen LogP contribution in [0.3, 0.4) is 0 Å². The smallest absolute Gasteiger partial charge is 0.0961 e. The maximum absolute atomic E-state index is 4.94. The standard InChI is InChI=1S/C44H36N2/c1-5-7-16-29(3)41-36-21-14-15-22-37(36)42(32-19-12-9-13-20-32)38-24-23-33(26-40(38)41)39-27-34-25-35(31-17-10-8-11-18-31)28-46-44(34)43(30(39)4)45-6-2/h5-28H,1-4H3/b7-5-,29-16+,45-6?. The molecule has 1 aromatic heterocycles. The van der Waals surface area contributed by atoms with Crippen molar-refractivity contribution in [1.29, 1.82) is 0 Å².